The van der Waals surface area contributed by atoms with Crippen LogP contribution in [0.2, 0.25) is 5.15 Å². The lowest BCUT2D eigenvalue weighted by Gasteiger charge is -2.17. The van der Waals surface area contributed by atoms with Gasteiger partial charge in [-0.25, -0.2) is 24.2 Å². The Morgan fingerprint density at radius 2 is 2.23 bits per heavy atom. The molecule has 30 heavy (non-hydrogen) atoms. The van der Waals surface area contributed by atoms with E-state index in [0.29, 0.717) is 28.3 Å². The number of hydrogen-bond donors (Lipinski definition) is 2. The molecule has 1 atom stereocenters. The Labute approximate surface area is 175 Å². The molecule has 0 bridgehead atoms. The van der Waals surface area contributed by atoms with E-state index in [4.69, 9.17) is 21.1 Å². The smallest absolute Gasteiger partial charge is 0.413 e. The lowest BCUT2D eigenvalue weighted by molar-refractivity contribution is 0.121. The Hall–Kier alpha value is -3.73. The molecule has 1 aliphatic heterocycles. The number of pyridine rings is 2. The number of aryl methyl sites for hydroxylation is 1. The molecule has 0 unspecified atom stereocenters. The third-order valence-corrected chi connectivity index (χ3v) is 4.67. The summed E-state index contributed by atoms with van der Waals surface area (Å²) in [5, 5.41) is 13.5. The van der Waals surface area contributed by atoms with E-state index in [2.05, 4.69) is 30.9 Å². The molecule has 3 aromatic rings. The van der Waals surface area contributed by atoms with Gasteiger partial charge in [0.15, 0.2) is 11.5 Å². The van der Waals surface area contributed by atoms with Crippen molar-refractivity contribution in [3.8, 4) is 11.4 Å². The molecule has 0 aromatic carbocycles. The molecule has 2 N–H and O–H groups in total. The Morgan fingerprint density at radius 1 is 1.40 bits per heavy atom. The fourth-order valence-corrected chi connectivity index (χ4v) is 3.13. The van der Waals surface area contributed by atoms with Gasteiger partial charge in [0.2, 0.25) is 0 Å². The first-order valence-electron chi connectivity index (χ1n) is 8.84. The Kier molecular flexibility index (Phi) is 5.19. The maximum atomic E-state index is 12.5. The summed E-state index contributed by atoms with van der Waals surface area (Å²) in [5.41, 5.74) is 2.44. The number of aromatic nitrogens is 5. The molecule has 0 fully saturated rings. The minimum absolute atomic E-state index is 0.0312. The molecule has 0 aliphatic carbocycles. The van der Waals surface area contributed by atoms with Crippen LogP contribution >= 0.6 is 11.6 Å². The number of hydrogen-bond acceptors (Lipinski definition) is 8. The van der Waals surface area contributed by atoms with Gasteiger partial charge in [0.05, 0.1) is 11.4 Å². The zero-order valence-corrected chi connectivity index (χ0v) is 16.7. The second-order valence-electron chi connectivity index (χ2n) is 6.36. The summed E-state index contributed by atoms with van der Waals surface area (Å²) in [7, 11) is 1.62. The van der Waals surface area contributed by atoms with Crippen LogP contribution in [0.25, 0.3) is 11.4 Å². The van der Waals surface area contributed by atoms with Crippen molar-refractivity contribution in [2.45, 2.75) is 19.6 Å². The maximum Gasteiger partial charge on any atom is 0.413 e. The van der Waals surface area contributed by atoms with Gasteiger partial charge in [0.1, 0.15) is 23.6 Å². The fourth-order valence-electron chi connectivity index (χ4n) is 2.86. The van der Waals surface area contributed by atoms with Crippen LogP contribution in [0, 0.1) is 0 Å². The van der Waals surface area contributed by atoms with E-state index in [1.165, 1.54) is 4.68 Å². The Balaban J connectivity index is 1.54. The third-order valence-electron chi connectivity index (χ3n) is 4.35. The van der Waals surface area contributed by atoms with Gasteiger partial charge in [0, 0.05) is 18.8 Å². The highest BCUT2D eigenvalue weighted by atomic mass is 35.5. The number of ether oxygens (including phenoxy) is 2. The number of fused-ring (bicyclic) bond motifs is 1. The lowest BCUT2D eigenvalue weighted by atomic mass is 10.2. The van der Waals surface area contributed by atoms with Crippen molar-refractivity contribution >= 4 is 35.3 Å². The summed E-state index contributed by atoms with van der Waals surface area (Å²) >= 11 is 6.05. The molecule has 4 heterocycles. The van der Waals surface area contributed by atoms with Crippen molar-refractivity contribution in [2.24, 2.45) is 7.05 Å². The van der Waals surface area contributed by atoms with Crippen LogP contribution in [-0.4, -0.2) is 37.1 Å². The molecule has 0 saturated heterocycles. The number of amides is 2. The molecule has 2 amide bonds. The van der Waals surface area contributed by atoms with E-state index in [-0.39, 0.29) is 17.6 Å². The van der Waals surface area contributed by atoms with Crippen molar-refractivity contribution in [2.75, 3.05) is 10.6 Å². The number of rotatable bonds is 4. The van der Waals surface area contributed by atoms with E-state index >= 15 is 0 Å². The molecular weight excluding hydrogens is 414 g/mol. The van der Waals surface area contributed by atoms with E-state index < -0.39 is 18.3 Å². The van der Waals surface area contributed by atoms with E-state index in [1.54, 1.807) is 44.4 Å². The van der Waals surface area contributed by atoms with Crippen LogP contribution in [-0.2, 0) is 23.1 Å². The summed E-state index contributed by atoms with van der Waals surface area (Å²) in [6.45, 7) is 1.72. The Morgan fingerprint density at radius 3 is 3.03 bits per heavy atom. The first kappa shape index (κ1) is 19.6. The molecule has 1 aliphatic rings. The van der Waals surface area contributed by atoms with Crippen molar-refractivity contribution in [1.82, 2.24) is 25.0 Å². The largest absolute Gasteiger partial charge is 0.443 e. The number of nitrogens with zero attached hydrogens (tertiary/aromatic N) is 5. The van der Waals surface area contributed by atoms with Crippen LogP contribution in [0.4, 0.5) is 21.1 Å². The lowest BCUT2D eigenvalue weighted by Crippen LogP contribution is -2.21. The minimum Gasteiger partial charge on any atom is -0.443 e. The molecule has 154 valence electrons. The van der Waals surface area contributed by atoms with Gasteiger partial charge in [-0.05, 0) is 25.1 Å². The van der Waals surface area contributed by atoms with Crippen molar-refractivity contribution < 1.29 is 19.1 Å². The van der Waals surface area contributed by atoms with Crippen molar-refractivity contribution in [1.29, 1.82) is 0 Å². The minimum atomic E-state index is -0.720. The first-order chi connectivity index (χ1) is 14.4. The van der Waals surface area contributed by atoms with Gasteiger partial charge in [-0.3, -0.25) is 10.6 Å². The highest BCUT2D eigenvalue weighted by Crippen LogP contribution is 2.29. The summed E-state index contributed by atoms with van der Waals surface area (Å²) in [4.78, 5) is 32.2. The quantitative estimate of drug-likeness (QED) is 0.603. The molecular formula is C18H16ClN7O4. The number of carbonyl (C=O) groups excluding carboxylic acids is 2. The first-order valence-corrected chi connectivity index (χ1v) is 9.22. The average Bonchev–Trinajstić information content (AvgIpc) is 3.08. The van der Waals surface area contributed by atoms with Gasteiger partial charge < -0.3 is 9.47 Å². The summed E-state index contributed by atoms with van der Waals surface area (Å²) < 4.78 is 11.7. The number of anilines is 2. The summed E-state index contributed by atoms with van der Waals surface area (Å²) in [6, 6.07) is 6.77. The molecule has 0 saturated carbocycles. The Bertz CT molecular complexity index is 1130. The van der Waals surface area contributed by atoms with E-state index in [1.807, 2.05) is 0 Å². The maximum absolute atomic E-state index is 12.5. The van der Waals surface area contributed by atoms with Crippen molar-refractivity contribution in [3.63, 3.8) is 0 Å². The standard InChI is InChI=1S/C18H16ClN7O4/c1-9(10-4-3-7-20-15(10)19)30-18(28)23-16-14(24-25-26(16)2)12-6-5-11-13(21-12)8-29-17(27)22-11/h3-7,9H,8H2,1-2H3,(H,22,27)(H,23,28)/t9-/m1/s1. The topological polar surface area (TPSA) is 133 Å². The molecule has 0 spiro atoms. The predicted molar refractivity (Wildman–Crippen MR) is 106 cm³/mol. The second-order valence-corrected chi connectivity index (χ2v) is 6.72. The normalized spacial score (nSPS) is 13.6. The third kappa shape index (κ3) is 3.87. The van der Waals surface area contributed by atoms with Crippen LogP contribution in [0.1, 0.15) is 24.3 Å². The summed E-state index contributed by atoms with van der Waals surface area (Å²) in [6.07, 6.45) is -0.334. The zero-order chi connectivity index (χ0) is 21.3. The average molecular weight is 430 g/mol. The highest BCUT2D eigenvalue weighted by Gasteiger charge is 2.23. The van der Waals surface area contributed by atoms with Crippen LogP contribution < -0.4 is 10.6 Å². The van der Waals surface area contributed by atoms with Crippen LogP contribution in [0.5, 0.6) is 0 Å². The van der Waals surface area contributed by atoms with Gasteiger partial charge in [0.25, 0.3) is 0 Å². The van der Waals surface area contributed by atoms with Gasteiger partial charge in [-0.2, -0.15) is 0 Å². The monoisotopic (exact) mass is 429 g/mol. The number of carbonyl (C=O) groups is 2. The molecule has 0 radical (unpaired) electrons. The predicted octanol–water partition coefficient (Wildman–Crippen LogP) is 3.30. The zero-order valence-electron chi connectivity index (χ0n) is 15.9. The molecule has 11 nitrogen and oxygen atoms in total. The number of nitrogens with one attached hydrogen (secondary N) is 2. The van der Waals surface area contributed by atoms with Crippen molar-refractivity contribution in [3.05, 3.63) is 46.9 Å². The van der Waals surface area contributed by atoms with Crippen LogP contribution in [0.15, 0.2) is 30.5 Å². The fraction of sp³-hybridized carbons (Fsp3) is 0.222. The van der Waals surface area contributed by atoms with E-state index in [0.717, 1.165) is 0 Å². The summed E-state index contributed by atoms with van der Waals surface area (Å²) in [5.74, 6) is 0.290. The van der Waals surface area contributed by atoms with E-state index in [9.17, 15) is 9.59 Å². The second kappa shape index (κ2) is 7.95. The number of cyclic esters (lactones) is 1. The molecule has 4 rings (SSSR count). The SMILES string of the molecule is C[C@@H](OC(=O)Nc1c(-c2ccc3c(n2)COC(=O)N3)nnn1C)c1cccnc1Cl. The molecule has 12 heteroatoms. The van der Waals surface area contributed by atoms with Gasteiger partial charge in [-0.15, -0.1) is 5.10 Å². The number of halogens is 1. The molecule has 3 aromatic heterocycles. The highest BCUT2D eigenvalue weighted by molar-refractivity contribution is 6.30. The van der Waals surface area contributed by atoms with Crippen LogP contribution in [0.3, 0.4) is 0 Å². The van der Waals surface area contributed by atoms with Gasteiger partial charge in [-0.1, -0.05) is 22.9 Å². The van der Waals surface area contributed by atoms with Gasteiger partial charge >= 0.3 is 12.2 Å².